The van der Waals surface area contributed by atoms with Crippen LogP contribution in [-0.4, -0.2) is 16.9 Å². The number of ketones is 1. The molecular weight excluding hydrogens is 180 g/mol. The van der Waals surface area contributed by atoms with Gasteiger partial charge in [0.2, 0.25) is 0 Å². The van der Waals surface area contributed by atoms with Crippen molar-refractivity contribution in [3.05, 3.63) is 0 Å². The summed E-state index contributed by atoms with van der Waals surface area (Å²) in [5.74, 6) is -0.981. The molecular formula is C11H16O3. The SMILES string of the molecule is CC1CC2(CCC(=O)C(C(=O)O)C2)C1. The Kier molecular flexibility index (Phi) is 2.13. The van der Waals surface area contributed by atoms with Gasteiger partial charge in [-0.05, 0) is 37.0 Å². The van der Waals surface area contributed by atoms with E-state index in [2.05, 4.69) is 6.92 Å². The van der Waals surface area contributed by atoms with E-state index in [0.717, 1.165) is 25.2 Å². The van der Waals surface area contributed by atoms with E-state index in [0.29, 0.717) is 12.8 Å². The van der Waals surface area contributed by atoms with Crippen molar-refractivity contribution >= 4 is 11.8 Å². The molecule has 0 radical (unpaired) electrons. The maximum absolute atomic E-state index is 11.4. The maximum atomic E-state index is 11.4. The van der Waals surface area contributed by atoms with E-state index in [9.17, 15) is 9.59 Å². The summed E-state index contributed by atoms with van der Waals surface area (Å²) in [5.41, 5.74) is 0.205. The minimum Gasteiger partial charge on any atom is -0.481 e. The molecule has 3 heteroatoms. The molecule has 14 heavy (non-hydrogen) atoms. The number of hydrogen-bond donors (Lipinski definition) is 1. The molecule has 1 unspecified atom stereocenters. The molecule has 1 N–H and O–H groups in total. The fraction of sp³-hybridized carbons (Fsp3) is 0.818. The summed E-state index contributed by atoms with van der Waals surface area (Å²) in [7, 11) is 0. The van der Waals surface area contributed by atoms with Crippen molar-refractivity contribution in [3.63, 3.8) is 0 Å². The average molecular weight is 196 g/mol. The average Bonchev–Trinajstić information content (AvgIpc) is 2.06. The van der Waals surface area contributed by atoms with Crippen molar-refractivity contribution in [1.29, 1.82) is 0 Å². The van der Waals surface area contributed by atoms with Crippen LogP contribution in [0.3, 0.4) is 0 Å². The van der Waals surface area contributed by atoms with Gasteiger partial charge in [0.05, 0.1) is 0 Å². The number of carbonyl (C=O) groups is 2. The van der Waals surface area contributed by atoms with Crippen molar-refractivity contribution in [2.45, 2.75) is 39.0 Å². The van der Waals surface area contributed by atoms with E-state index in [1.807, 2.05) is 0 Å². The lowest BCUT2D eigenvalue weighted by Crippen LogP contribution is -2.44. The van der Waals surface area contributed by atoms with Crippen LogP contribution in [0.1, 0.15) is 39.0 Å². The van der Waals surface area contributed by atoms with Gasteiger partial charge in [-0.2, -0.15) is 0 Å². The summed E-state index contributed by atoms with van der Waals surface area (Å²) in [6.07, 6.45) is 4.21. The number of Topliss-reactive ketones (excluding diaryl/α,β-unsaturated/α-hetero) is 1. The largest absolute Gasteiger partial charge is 0.481 e. The minimum absolute atomic E-state index is 0.0670. The Balaban J connectivity index is 2.06. The summed E-state index contributed by atoms with van der Waals surface area (Å²) in [5, 5.41) is 8.91. The molecule has 78 valence electrons. The Bertz CT molecular complexity index is 276. The van der Waals surface area contributed by atoms with Gasteiger partial charge in [-0.25, -0.2) is 0 Å². The van der Waals surface area contributed by atoms with Gasteiger partial charge in [0, 0.05) is 6.42 Å². The molecule has 1 spiro atoms. The van der Waals surface area contributed by atoms with Gasteiger partial charge >= 0.3 is 5.97 Å². The van der Waals surface area contributed by atoms with E-state index < -0.39 is 11.9 Å². The van der Waals surface area contributed by atoms with Gasteiger partial charge in [0.15, 0.2) is 0 Å². The molecule has 0 aromatic heterocycles. The van der Waals surface area contributed by atoms with E-state index in [1.165, 1.54) is 0 Å². The second-order valence-electron chi connectivity index (χ2n) is 5.07. The van der Waals surface area contributed by atoms with Gasteiger partial charge in [0.25, 0.3) is 0 Å². The number of aliphatic carboxylic acids is 1. The first kappa shape index (κ1) is 9.69. The molecule has 0 saturated heterocycles. The first-order valence-electron chi connectivity index (χ1n) is 5.28. The highest BCUT2D eigenvalue weighted by Gasteiger charge is 2.49. The standard InChI is InChI=1S/C11H16O3/c1-7-4-11(5-7)3-2-9(12)8(6-11)10(13)14/h7-8H,2-6H2,1H3,(H,13,14). The van der Waals surface area contributed by atoms with Crippen molar-refractivity contribution in [2.75, 3.05) is 0 Å². The minimum atomic E-state index is -0.923. The third kappa shape index (κ3) is 1.45. The fourth-order valence-electron chi connectivity index (χ4n) is 3.23. The van der Waals surface area contributed by atoms with Crippen LogP contribution in [0, 0.1) is 17.3 Å². The lowest BCUT2D eigenvalue weighted by atomic mass is 9.54. The lowest BCUT2D eigenvalue weighted by Gasteiger charge is -2.50. The zero-order chi connectivity index (χ0) is 10.3. The van der Waals surface area contributed by atoms with E-state index in [4.69, 9.17) is 5.11 Å². The summed E-state index contributed by atoms with van der Waals surface area (Å²) >= 11 is 0. The van der Waals surface area contributed by atoms with Gasteiger partial charge in [-0.3, -0.25) is 9.59 Å². The Morgan fingerprint density at radius 3 is 2.57 bits per heavy atom. The Morgan fingerprint density at radius 2 is 2.07 bits per heavy atom. The molecule has 0 bridgehead atoms. The van der Waals surface area contributed by atoms with Crippen molar-refractivity contribution in [3.8, 4) is 0 Å². The zero-order valence-electron chi connectivity index (χ0n) is 8.45. The summed E-state index contributed by atoms with van der Waals surface area (Å²) in [4.78, 5) is 22.2. The molecule has 2 aliphatic carbocycles. The molecule has 3 nitrogen and oxygen atoms in total. The number of hydrogen-bond acceptors (Lipinski definition) is 2. The number of carboxylic acids is 1. The predicted molar refractivity (Wildman–Crippen MR) is 50.8 cm³/mol. The third-order valence-corrected chi connectivity index (χ3v) is 3.79. The van der Waals surface area contributed by atoms with Crippen molar-refractivity contribution < 1.29 is 14.7 Å². The number of carboxylic acid groups (broad SMARTS) is 1. The van der Waals surface area contributed by atoms with Crippen LogP contribution in [-0.2, 0) is 9.59 Å². The lowest BCUT2D eigenvalue weighted by molar-refractivity contribution is -0.152. The molecule has 1 atom stereocenters. The maximum Gasteiger partial charge on any atom is 0.314 e. The smallest absolute Gasteiger partial charge is 0.314 e. The number of carbonyl (C=O) groups excluding carboxylic acids is 1. The number of rotatable bonds is 1. The van der Waals surface area contributed by atoms with Gasteiger partial charge in [0.1, 0.15) is 11.7 Å². The molecule has 0 aliphatic heterocycles. The molecule has 0 amide bonds. The molecule has 2 rings (SSSR count). The Labute approximate surface area is 83.5 Å². The van der Waals surface area contributed by atoms with Crippen LogP contribution in [0.15, 0.2) is 0 Å². The highest BCUT2D eigenvalue weighted by Crippen LogP contribution is 2.55. The second-order valence-corrected chi connectivity index (χ2v) is 5.07. The van der Waals surface area contributed by atoms with E-state index in [-0.39, 0.29) is 11.2 Å². The quantitative estimate of drug-likeness (QED) is 0.651. The van der Waals surface area contributed by atoms with Crippen molar-refractivity contribution in [2.24, 2.45) is 17.3 Å². The zero-order valence-corrected chi connectivity index (χ0v) is 8.45. The topological polar surface area (TPSA) is 54.4 Å². The van der Waals surface area contributed by atoms with E-state index >= 15 is 0 Å². The van der Waals surface area contributed by atoms with Crippen LogP contribution >= 0.6 is 0 Å². The highest BCUT2D eigenvalue weighted by atomic mass is 16.4. The Hall–Kier alpha value is -0.860. The monoisotopic (exact) mass is 196 g/mol. The van der Waals surface area contributed by atoms with Crippen LogP contribution in [0.2, 0.25) is 0 Å². The third-order valence-electron chi connectivity index (χ3n) is 3.79. The molecule has 2 aliphatic rings. The normalized spacial score (nSPS) is 42.2. The van der Waals surface area contributed by atoms with E-state index in [1.54, 1.807) is 0 Å². The van der Waals surface area contributed by atoms with Crippen LogP contribution in [0.25, 0.3) is 0 Å². The molecule has 2 saturated carbocycles. The van der Waals surface area contributed by atoms with Crippen molar-refractivity contribution in [1.82, 2.24) is 0 Å². The Morgan fingerprint density at radius 1 is 1.43 bits per heavy atom. The van der Waals surface area contributed by atoms with Crippen LogP contribution < -0.4 is 0 Å². The molecule has 0 aromatic rings. The predicted octanol–water partition coefficient (Wildman–Crippen LogP) is 1.86. The first-order valence-corrected chi connectivity index (χ1v) is 5.28. The highest BCUT2D eigenvalue weighted by molar-refractivity contribution is 5.98. The van der Waals surface area contributed by atoms with Gasteiger partial charge in [-0.15, -0.1) is 0 Å². The molecule has 0 heterocycles. The van der Waals surface area contributed by atoms with Crippen LogP contribution in [0.4, 0.5) is 0 Å². The fourth-order valence-corrected chi connectivity index (χ4v) is 3.23. The van der Waals surface area contributed by atoms with Gasteiger partial charge in [-0.1, -0.05) is 6.92 Å². The second kappa shape index (κ2) is 3.07. The summed E-state index contributed by atoms with van der Waals surface area (Å²) in [6, 6.07) is 0. The molecule has 2 fully saturated rings. The summed E-state index contributed by atoms with van der Waals surface area (Å²) in [6.45, 7) is 2.19. The van der Waals surface area contributed by atoms with Gasteiger partial charge < -0.3 is 5.11 Å². The molecule has 0 aromatic carbocycles. The van der Waals surface area contributed by atoms with Crippen LogP contribution in [0.5, 0.6) is 0 Å². The first-order chi connectivity index (χ1) is 6.52. The summed E-state index contributed by atoms with van der Waals surface area (Å²) < 4.78 is 0.